The molecule has 2 nitrogen and oxygen atoms in total. The van der Waals surface area contributed by atoms with Crippen LogP contribution in [0.2, 0.25) is 0 Å². The van der Waals surface area contributed by atoms with Crippen molar-refractivity contribution in [3.05, 3.63) is 11.4 Å². The number of aryl methyl sites for hydroxylation is 2. The third-order valence-electron chi connectivity index (χ3n) is 5.53. The summed E-state index contributed by atoms with van der Waals surface area (Å²) in [5.41, 5.74) is 5.30. The molecular formula is C14H12N2Ra6. The zero-order valence-electron chi connectivity index (χ0n) is 14.9. The summed E-state index contributed by atoms with van der Waals surface area (Å²) in [6.45, 7) is 4.49. The summed E-state index contributed by atoms with van der Waals surface area (Å²) in [7, 11) is 0. The second-order valence-corrected chi connectivity index (χ2v) is 31.3. The van der Waals surface area contributed by atoms with Crippen LogP contribution in [0.25, 0.3) is 21.8 Å². The second-order valence-electron chi connectivity index (χ2n) is 6.59. The van der Waals surface area contributed by atoms with Crippen LogP contribution in [0, 0.1) is 271 Å². The fourth-order valence-corrected chi connectivity index (χ4v) is 38.5. The summed E-state index contributed by atoms with van der Waals surface area (Å²) >= 11 is 2.52. The standard InChI is InChI=1S/C14H6N2.6Ra.6H/c1-9-3-5-11-7-8-12-6-4-10(2)16-14(12)13(11)15-9;;;;;;;;;;;;/h1-2H3;;;;;;;;;;;;. The van der Waals surface area contributed by atoms with Gasteiger partial charge in [0.05, 0.1) is 0 Å². The number of pyridine rings is 2. The van der Waals surface area contributed by atoms with Crippen molar-refractivity contribution < 1.29 is 257 Å². The van der Waals surface area contributed by atoms with E-state index in [1.165, 1.54) is 22.4 Å². The summed E-state index contributed by atoms with van der Waals surface area (Å²) in [6, 6.07) is 0. The third kappa shape index (κ3) is 4.54. The van der Waals surface area contributed by atoms with Crippen molar-refractivity contribution in [2.45, 2.75) is 13.8 Å². The molecule has 2 aromatic heterocycles. The molecule has 3 aromatic rings. The minimum atomic E-state index is 0.418. The molecule has 0 N–H and O–H groups in total. The van der Waals surface area contributed by atoms with E-state index in [4.69, 9.17) is 9.97 Å². The molecule has 0 aliphatic heterocycles. The van der Waals surface area contributed by atoms with Crippen molar-refractivity contribution in [1.29, 1.82) is 0 Å². The maximum absolute atomic E-state index is 5.12. The predicted molar refractivity (Wildman–Crippen MR) is 72.7 cm³/mol. The molecule has 22 heavy (non-hydrogen) atoms. The quantitative estimate of drug-likeness (QED) is 0.223. The molecule has 0 unspecified atom stereocenters. The van der Waals surface area contributed by atoms with E-state index < -0.39 is 0 Å². The zero-order valence-corrected chi connectivity index (χ0v) is 64.2. The summed E-state index contributed by atoms with van der Waals surface area (Å²) in [5, 5.41) is 3.29. The molecule has 0 bridgehead atoms. The first-order valence-electron chi connectivity index (χ1n) is 7.89. The van der Waals surface area contributed by atoms with Crippen molar-refractivity contribution in [2.75, 3.05) is 0 Å². The molecule has 0 saturated heterocycles. The van der Waals surface area contributed by atoms with E-state index in [9.17, 15) is 0 Å². The molecular weight excluding hydrogens is 1550 g/mol. The van der Waals surface area contributed by atoms with Crippen LogP contribution in [0.3, 0.4) is 0 Å². The van der Waals surface area contributed by atoms with Gasteiger partial charge in [-0.3, -0.25) is 0 Å². The van der Waals surface area contributed by atoms with Crippen LogP contribution in [-0.4, -0.2) is 9.97 Å². The van der Waals surface area contributed by atoms with E-state index in [2.05, 4.69) is 13.8 Å². The monoisotopic (exact) mass is 1560 g/mol. The predicted octanol–water partition coefficient (Wildman–Crippen LogP) is -3.16. The average Bonchev–Trinajstić information content (AvgIpc) is 2.47. The summed E-state index contributed by atoms with van der Waals surface area (Å²) in [5.74, 6) is 0. The van der Waals surface area contributed by atoms with Gasteiger partial charge in [0.1, 0.15) is 0 Å². The Morgan fingerprint density at radius 3 is 1.09 bits per heavy atom. The van der Waals surface area contributed by atoms with E-state index >= 15 is 0 Å². The SMILES string of the molecule is Cc1nc2c([c]([RaH])[c]1[RaH])[c]([RaH])[c]([RaH])c1[c]([RaH])[c]([RaH])c(C)nc12. The topological polar surface area (TPSA) is 25.8 Å². The fraction of sp³-hybridized carbons (Fsp3) is 0.143. The Labute approximate surface area is 306 Å². The first-order valence-corrected chi connectivity index (χ1v) is 32.6. The van der Waals surface area contributed by atoms with Crippen molar-refractivity contribution in [3.8, 4) is 0 Å². The minimum absolute atomic E-state index is 0.418. The summed E-state index contributed by atoms with van der Waals surface area (Å²) < 4.78 is 10.7. The first kappa shape index (κ1) is 23.5. The Morgan fingerprint density at radius 1 is 0.500 bits per heavy atom. The molecule has 3 rings (SSSR count). The molecule has 0 radical (unpaired) electrons. The van der Waals surface area contributed by atoms with Crippen molar-refractivity contribution in [1.82, 2.24) is 9.97 Å². The number of fused-ring (bicyclic) bond motifs is 3. The molecule has 2 heterocycles. The van der Waals surface area contributed by atoms with E-state index in [-0.39, 0.29) is 0 Å². The normalized spacial score (nSPS) is 11.1. The van der Waals surface area contributed by atoms with Crippen LogP contribution in [-0.2, 0) is 0 Å². The Balaban J connectivity index is 2.74. The van der Waals surface area contributed by atoms with E-state index in [0.29, 0.717) is 257 Å². The number of hydrogen-bond donors (Lipinski definition) is 0. The molecule has 0 amide bonds. The van der Waals surface area contributed by atoms with Gasteiger partial charge in [0.15, 0.2) is 0 Å². The fourth-order valence-electron chi connectivity index (χ4n) is 3.52. The van der Waals surface area contributed by atoms with Gasteiger partial charge in [-0.25, -0.2) is 0 Å². The number of benzene rings is 1. The van der Waals surface area contributed by atoms with Crippen molar-refractivity contribution in [3.63, 3.8) is 0 Å². The number of nitrogens with zero attached hydrogens (tertiary/aromatic N) is 2. The zero-order chi connectivity index (χ0) is 16.3. The summed E-state index contributed by atoms with van der Waals surface area (Å²) in [6.07, 6.45) is 0. The van der Waals surface area contributed by atoms with Crippen LogP contribution >= 0.6 is 0 Å². The van der Waals surface area contributed by atoms with Gasteiger partial charge in [-0.15, -0.1) is 0 Å². The van der Waals surface area contributed by atoms with Crippen LogP contribution in [0.15, 0.2) is 0 Å². The van der Waals surface area contributed by atoms with E-state index in [1.807, 2.05) is 1.21 Å². The van der Waals surface area contributed by atoms with Gasteiger partial charge in [-0.05, 0) is 0 Å². The molecule has 0 saturated carbocycles. The van der Waals surface area contributed by atoms with Gasteiger partial charge in [0.25, 0.3) is 0 Å². The summed E-state index contributed by atoms with van der Waals surface area (Å²) in [4.78, 5) is 10.2. The average molecular weight is 1560 g/mol. The van der Waals surface area contributed by atoms with Crippen molar-refractivity contribution >= 4 is 25.4 Å². The molecule has 8 heteroatoms. The third-order valence-corrected chi connectivity index (χ3v) is 88.9. The Morgan fingerprint density at radius 2 is 0.773 bits per heavy atom. The van der Waals surface area contributed by atoms with E-state index in [0.717, 1.165) is 0 Å². The van der Waals surface area contributed by atoms with Gasteiger partial charge < -0.3 is 0 Å². The van der Waals surface area contributed by atoms with Gasteiger partial charge in [0.2, 0.25) is 0 Å². The van der Waals surface area contributed by atoms with Gasteiger partial charge >= 0.3 is 317 Å². The molecule has 0 aliphatic carbocycles. The second kappa shape index (κ2) is 9.98. The molecule has 0 fully saturated rings. The number of hydrogen-bond acceptors (Lipinski definition) is 2. The number of aromatic nitrogens is 2. The van der Waals surface area contributed by atoms with Gasteiger partial charge in [-0.2, -0.15) is 0 Å². The Kier molecular flexibility index (Phi) is 10.7. The van der Waals surface area contributed by atoms with Crippen LogP contribution in [0.1, 0.15) is 11.4 Å². The molecule has 0 atom stereocenters. The van der Waals surface area contributed by atoms with Crippen LogP contribution in [0.4, 0.5) is 0 Å². The number of rotatable bonds is 0. The first-order chi connectivity index (χ1) is 10.3. The Bertz CT molecular complexity index is 889. The Hall–Kier alpha value is 6.85. The molecule has 90 valence electrons. The van der Waals surface area contributed by atoms with Gasteiger partial charge in [-0.1, -0.05) is 0 Å². The van der Waals surface area contributed by atoms with E-state index in [1.54, 1.807) is 13.2 Å². The van der Waals surface area contributed by atoms with Crippen LogP contribution in [0.5, 0.6) is 0 Å². The molecule has 0 aliphatic rings. The van der Waals surface area contributed by atoms with Crippen LogP contribution < -0.4 is 3.63 Å². The molecule has 1 aromatic carbocycles. The molecule has 0 spiro atoms. The van der Waals surface area contributed by atoms with Crippen molar-refractivity contribution in [2.24, 2.45) is 0 Å². The maximum atomic E-state index is 5.12. The van der Waals surface area contributed by atoms with Gasteiger partial charge in [0, 0.05) is 0 Å².